The Hall–Kier alpha value is -2.11. The highest BCUT2D eigenvalue weighted by atomic mass is 16.2. The van der Waals surface area contributed by atoms with Gasteiger partial charge in [0.1, 0.15) is 11.3 Å². The third kappa shape index (κ3) is 3.16. The van der Waals surface area contributed by atoms with Gasteiger partial charge in [0.05, 0.1) is 0 Å². The Morgan fingerprint density at radius 1 is 1.48 bits per heavy atom. The number of imidazole rings is 1. The van der Waals surface area contributed by atoms with Gasteiger partial charge in [-0.15, -0.1) is 0 Å². The number of hydrogen-bond donors (Lipinski definition) is 1. The summed E-state index contributed by atoms with van der Waals surface area (Å²) in [5.74, 6) is 1.81. The van der Waals surface area contributed by atoms with E-state index in [0.29, 0.717) is 5.92 Å². The molecule has 1 N–H and O–H groups in total. The van der Waals surface area contributed by atoms with Crippen molar-refractivity contribution in [2.75, 3.05) is 19.6 Å². The van der Waals surface area contributed by atoms with Crippen molar-refractivity contribution in [3.63, 3.8) is 0 Å². The maximum atomic E-state index is 12.2. The molecule has 124 valence electrons. The van der Waals surface area contributed by atoms with Crippen molar-refractivity contribution in [3.05, 3.63) is 24.2 Å². The molecule has 1 atom stereocenters. The largest absolute Gasteiger partial charge is 0.338 e. The Morgan fingerprint density at radius 2 is 2.30 bits per heavy atom. The molecule has 6 heteroatoms. The van der Waals surface area contributed by atoms with E-state index in [9.17, 15) is 4.79 Å². The number of likely N-dealkylation sites (tertiary alicyclic amines) is 1. The molecule has 1 saturated heterocycles. The van der Waals surface area contributed by atoms with E-state index in [4.69, 9.17) is 4.98 Å². The van der Waals surface area contributed by atoms with Gasteiger partial charge < -0.3 is 14.8 Å². The fourth-order valence-corrected chi connectivity index (χ4v) is 3.16. The number of rotatable bonds is 4. The lowest BCUT2D eigenvalue weighted by Gasteiger charge is -2.18. The van der Waals surface area contributed by atoms with E-state index >= 15 is 0 Å². The van der Waals surface area contributed by atoms with Crippen molar-refractivity contribution in [3.8, 4) is 0 Å². The standard InChI is InChI=1S/C17H25N5O/c1-4-22-15(20-14-6-5-8-18-16(14)22)13-7-9-21(11-13)17(23)19-10-12(2)3/h5-6,8,12-13H,4,7,9-11H2,1-3H3,(H,19,23). The summed E-state index contributed by atoms with van der Waals surface area (Å²) < 4.78 is 2.18. The third-order valence-corrected chi connectivity index (χ3v) is 4.35. The lowest BCUT2D eigenvalue weighted by atomic mass is 10.1. The molecule has 0 aliphatic carbocycles. The molecule has 1 aliphatic rings. The van der Waals surface area contributed by atoms with Gasteiger partial charge in [0.15, 0.2) is 5.65 Å². The van der Waals surface area contributed by atoms with Gasteiger partial charge in [-0.1, -0.05) is 13.8 Å². The predicted molar refractivity (Wildman–Crippen MR) is 90.4 cm³/mol. The number of carbonyl (C=O) groups excluding carboxylic acids is 1. The highest BCUT2D eigenvalue weighted by molar-refractivity contribution is 5.75. The van der Waals surface area contributed by atoms with Crippen molar-refractivity contribution in [1.29, 1.82) is 0 Å². The van der Waals surface area contributed by atoms with Crippen LogP contribution in [0.5, 0.6) is 0 Å². The third-order valence-electron chi connectivity index (χ3n) is 4.35. The Kier molecular flexibility index (Phi) is 4.50. The zero-order chi connectivity index (χ0) is 16.4. The maximum absolute atomic E-state index is 12.2. The van der Waals surface area contributed by atoms with Crippen LogP contribution in [-0.4, -0.2) is 45.1 Å². The molecule has 2 aromatic heterocycles. The molecule has 0 bridgehead atoms. The van der Waals surface area contributed by atoms with Crippen LogP contribution in [0.2, 0.25) is 0 Å². The minimum absolute atomic E-state index is 0.0403. The smallest absolute Gasteiger partial charge is 0.317 e. The van der Waals surface area contributed by atoms with Gasteiger partial charge in [-0.25, -0.2) is 14.8 Å². The second kappa shape index (κ2) is 6.56. The molecule has 1 fully saturated rings. The van der Waals surface area contributed by atoms with Crippen molar-refractivity contribution in [1.82, 2.24) is 24.8 Å². The van der Waals surface area contributed by atoms with Crippen LogP contribution in [-0.2, 0) is 6.54 Å². The molecule has 0 saturated carbocycles. The molecule has 3 heterocycles. The highest BCUT2D eigenvalue weighted by Gasteiger charge is 2.30. The van der Waals surface area contributed by atoms with Crippen molar-refractivity contribution >= 4 is 17.2 Å². The Labute approximate surface area is 136 Å². The quantitative estimate of drug-likeness (QED) is 0.943. The van der Waals surface area contributed by atoms with Crippen LogP contribution in [0.4, 0.5) is 4.79 Å². The summed E-state index contributed by atoms with van der Waals surface area (Å²) >= 11 is 0. The normalized spacial score (nSPS) is 18.1. The van der Waals surface area contributed by atoms with Crippen molar-refractivity contribution in [2.45, 2.75) is 39.7 Å². The van der Waals surface area contributed by atoms with Gasteiger partial charge in [-0.2, -0.15) is 0 Å². The van der Waals surface area contributed by atoms with Crippen LogP contribution in [0.3, 0.4) is 0 Å². The fourth-order valence-electron chi connectivity index (χ4n) is 3.16. The average Bonchev–Trinajstić information content (AvgIpc) is 3.16. The minimum atomic E-state index is 0.0403. The van der Waals surface area contributed by atoms with Crippen LogP contribution in [0.1, 0.15) is 38.9 Å². The SMILES string of the molecule is CCn1c(C2CCN(C(=O)NCC(C)C)C2)nc2cccnc21. The first-order valence-electron chi connectivity index (χ1n) is 8.44. The van der Waals surface area contributed by atoms with Crippen LogP contribution in [0, 0.1) is 5.92 Å². The van der Waals surface area contributed by atoms with E-state index in [2.05, 4.69) is 35.6 Å². The first-order valence-corrected chi connectivity index (χ1v) is 8.44. The number of aryl methyl sites for hydroxylation is 1. The number of amides is 2. The Bertz CT molecular complexity index is 693. The Morgan fingerprint density at radius 3 is 3.04 bits per heavy atom. The molecule has 2 aromatic rings. The van der Waals surface area contributed by atoms with E-state index < -0.39 is 0 Å². The predicted octanol–water partition coefficient (Wildman–Crippen LogP) is 2.61. The topological polar surface area (TPSA) is 63.1 Å². The number of carbonyl (C=O) groups is 1. The molecule has 1 unspecified atom stereocenters. The monoisotopic (exact) mass is 315 g/mol. The van der Waals surface area contributed by atoms with E-state index in [1.165, 1.54) is 0 Å². The summed E-state index contributed by atoms with van der Waals surface area (Å²) in [6.45, 7) is 9.40. The molecular weight excluding hydrogens is 290 g/mol. The summed E-state index contributed by atoms with van der Waals surface area (Å²) in [5.41, 5.74) is 1.87. The van der Waals surface area contributed by atoms with E-state index in [0.717, 1.165) is 49.6 Å². The van der Waals surface area contributed by atoms with E-state index in [-0.39, 0.29) is 11.9 Å². The van der Waals surface area contributed by atoms with Gasteiger partial charge in [0, 0.05) is 38.3 Å². The number of aromatic nitrogens is 3. The molecule has 2 amide bonds. The highest BCUT2D eigenvalue weighted by Crippen LogP contribution is 2.28. The van der Waals surface area contributed by atoms with Gasteiger partial charge in [-0.05, 0) is 31.4 Å². The fraction of sp³-hybridized carbons (Fsp3) is 0.588. The van der Waals surface area contributed by atoms with Gasteiger partial charge in [0.2, 0.25) is 0 Å². The molecule has 1 aliphatic heterocycles. The number of fused-ring (bicyclic) bond motifs is 1. The van der Waals surface area contributed by atoms with Crippen LogP contribution in [0.15, 0.2) is 18.3 Å². The van der Waals surface area contributed by atoms with Crippen LogP contribution in [0.25, 0.3) is 11.2 Å². The first kappa shape index (κ1) is 15.8. The van der Waals surface area contributed by atoms with Gasteiger partial charge in [0.25, 0.3) is 0 Å². The zero-order valence-corrected chi connectivity index (χ0v) is 14.1. The van der Waals surface area contributed by atoms with E-state index in [1.54, 1.807) is 6.20 Å². The minimum Gasteiger partial charge on any atom is -0.338 e. The van der Waals surface area contributed by atoms with Crippen LogP contribution >= 0.6 is 0 Å². The van der Waals surface area contributed by atoms with E-state index in [1.807, 2.05) is 17.0 Å². The zero-order valence-electron chi connectivity index (χ0n) is 14.1. The summed E-state index contributed by atoms with van der Waals surface area (Å²) in [7, 11) is 0. The second-order valence-electron chi connectivity index (χ2n) is 6.57. The molecule has 6 nitrogen and oxygen atoms in total. The summed E-state index contributed by atoms with van der Waals surface area (Å²) in [6.07, 6.45) is 2.76. The maximum Gasteiger partial charge on any atom is 0.317 e. The molecule has 0 spiro atoms. The Balaban J connectivity index is 1.75. The lowest BCUT2D eigenvalue weighted by Crippen LogP contribution is -2.40. The first-order chi connectivity index (χ1) is 11.1. The molecule has 3 rings (SSSR count). The number of nitrogens with one attached hydrogen (secondary N) is 1. The molecule has 0 aromatic carbocycles. The van der Waals surface area contributed by atoms with Crippen molar-refractivity contribution < 1.29 is 4.79 Å². The summed E-state index contributed by atoms with van der Waals surface area (Å²) in [5, 5.41) is 3.00. The summed E-state index contributed by atoms with van der Waals surface area (Å²) in [4.78, 5) is 23.4. The molecule has 0 radical (unpaired) electrons. The van der Waals surface area contributed by atoms with Gasteiger partial charge in [-0.3, -0.25) is 0 Å². The number of urea groups is 1. The second-order valence-corrected chi connectivity index (χ2v) is 6.57. The average molecular weight is 315 g/mol. The molecule has 23 heavy (non-hydrogen) atoms. The number of hydrogen-bond acceptors (Lipinski definition) is 3. The van der Waals surface area contributed by atoms with Crippen LogP contribution < -0.4 is 5.32 Å². The summed E-state index contributed by atoms with van der Waals surface area (Å²) in [6, 6.07) is 3.96. The molecular formula is C17H25N5O. The van der Waals surface area contributed by atoms with Gasteiger partial charge >= 0.3 is 6.03 Å². The number of pyridine rings is 1. The lowest BCUT2D eigenvalue weighted by molar-refractivity contribution is 0.206. The number of nitrogens with zero attached hydrogens (tertiary/aromatic N) is 4. The van der Waals surface area contributed by atoms with Crippen molar-refractivity contribution in [2.24, 2.45) is 5.92 Å².